The highest BCUT2D eigenvalue weighted by atomic mass is 16.3. The van der Waals surface area contributed by atoms with E-state index in [9.17, 15) is 29.7 Å². The fourth-order valence-corrected chi connectivity index (χ4v) is 3.17. The lowest BCUT2D eigenvalue weighted by molar-refractivity contribution is -0.117. The number of amides is 5. The monoisotopic (exact) mass is 473 g/mol. The molecular formula is C24H47N3O6. The van der Waals surface area contributed by atoms with Crippen LogP contribution in [0.4, 0.5) is 9.59 Å². The highest BCUT2D eigenvalue weighted by Gasteiger charge is 2.34. The number of nitrogens with one attached hydrogen (secondary N) is 1. The smallest absolute Gasteiger partial charge is 0.334 e. The molecule has 0 aromatic rings. The number of aliphatic hydroxyl groups excluding tert-OH is 3. The lowest BCUT2D eigenvalue weighted by Gasteiger charge is -2.33. The third-order valence-corrected chi connectivity index (χ3v) is 5.69. The Morgan fingerprint density at radius 1 is 0.909 bits per heavy atom. The molecule has 5 amide bonds. The highest BCUT2D eigenvalue weighted by Crippen LogP contribution is 2.26. The van der Waals surface area contributed by atoms with E-state index >= 15 is 0 Å². The number of nitrogens with zero attached hydrogens (tertiary/aromatic N) is 2. The SMILES string of the molecule is CCC(C)(C)CC(O)CNC(=O)N(CC(O)C(C)(C)C)C(=O)N(C=O)CC(O)CC(C)(C)C. The van der Waals surface area contributed by atoms with Crippen LogP contribution in [-0.4, -0.2) is 81.5 Å². The summed E-state index contributed by atoms with van der Waals surface area (Å²) in [5, 5.41) is 33.7. The van der Waals surface area contributed by atoms with Crippen molar-refractivity contribution in [2.24, 2.45) is 16.2 Å². The second kappa shape index (κ2) is 12.7. The van der Waals surface area contributed by atoms with E-state index in [0.29, 0.717) is 12.8 Å². The maximum Gasteiger partial charge on any atom is 0.334 e. The molecule has 0 saturated carbocycles. The molecule has 0 aliphatic heterocycles. The number of aliphatic hydroxyl groups is 3. The summed E-state index contributed by atoms with van der Waals surface area (Å²) in [6, 6.07) is -1.77. The van der Waals surface area contributed by atoms with Crippen LogP contribution in [0.25, 0.3) is 0 Å². The predicted octanol–water partition coefficient (Wildman–Crippen LogP) is 2.97. The normalized spacial score (nSPS) is 15.4. The van der Waals surface area contributed by atoms with Gasteiger partial charge < -0.3 is 20.6 Å². The molecule has 9 heteroatoms. The van der Waals surface area contributed by atoms with Crippen LogP contribution in [0.3, 0.4) is 0 Å². The predicted molar refractivity (Wildman–Crippen MR) is 129 cm³/mol. The van der Waals surface area contributed by atoms with Crippen LogP contribution >= 0.6 is 0 Å². The van der Waals surface area contributed by atoms with Crippen LogP contribution in [0.1, 0.15) is 81.6 Å². The molecule has 0 fully saturated rings. The molecule has 0 rings (SSSR count). The van der Waals surface area contributed by atoms with E-state index in [1.165, 1.54) is 0 Å². The third kappa shape index (κ3) is 12.4. The van der Waals surface area contributed by atoms with Gasteiger partial charge >= 0.3 is 12.1 Å². The summed E-state index contributed by atoms with van der Waals surface area (Å²) in [6.45, 7) is 16.4. The number of hydrogen-bond donors (Lipinski definition) is 4. The average molecular weight is 474 g/mol. The fourth-order valence-electron chi connectivity index (χ4n) is 3.17. The highest BCUT2D eigenvalue weighted by molar-refractivity contribution is 5.97. The van der Waals surface area contributed by atoms with Gasteiger partial charge in [-0.2, -0.15) is 0 Å². The van der Waals surface area contributed by atoms with Crippen LogP contribution in [0.5, 0.6) is 0 Å². The minimum atomic E-state index is -1.05. The Hall–Kier alpha value is -1.71. The summed E-state index contributed by atoms with van der Waals surface area (Å²) >= 11 is 0. The summed E-state index contributed by atoms with van der Waals surface area (Å²) in [5.74, 6) is 0. The first-order valence-electron chi connectivity index (χ1n) is 11.7. The van der Waals surface area contributed by atoms with Gasteiger partial charge in [0.05, 0.1) is 31.4 Å². The lowest BCUT2D eigenvalue weighted by atomic mass is 9.84. The molecule has 9 nitrogen and oxygen atoms in total. The van der Waals surface area contributed by atoms with Crippen molar-refractivity contribution in [3.05, 3.63) is 0 Å². The molecule has 0 spiro atoms. The summed E-state index contributed by atoms with van der Waals surface area (Å²) in [5.41, 5.74) is -0.959. The number of hydrogen-bond acceptors (Lipinski definition) is 6. The Labute approximate surface area is 199 Å². The van der Waals surface area contributed by atoms with Crippen molar-refractivity contribution < 1.29 is 29.7 Å². The van der Waals surface area contributed by atoms with Gasteiger partial charge in [0.25, 0.3) is 0 Å². The summed E-state index contributed by atoms with van der Waals surface area (Å²) in [6.07, 6.45) is -0.895. The number of urea groups is 2. The van der Waals surface area contributed by atoms with Gasteiger partial charge in [-0.15, -0.1) is 0 Å². The zero-order chi connectivity index (χ0) is 26.2. The van der Waals surface area contributed by atoms with E-state index in [0.717, 1.165) is 16.2 Å². The largest absolute Gasteiger partial charge is 0.391 e. The molecule has 33 heavy (non-hydrogen) atoms. The van der Waals surface area contributed by atoms with Crippen molar-refractivity contribution in [2.75, 3.05) is 19.6 Å². The van der Waals surface area contributed by atoms with Gasteiger partial charge in [0.15, 0.2) is 0 Å². The first kappa shape index (κ1) is 31.3. The first-order chi connectivity index (χ1) is 14.8. The van der Waals surface area contributed by atoms with Gasteiger partial charge in [-0.05, 0) is 29.1 Å². The van der Waals surface area contributed by atoms with Gasteiger partial charge in [0.2, 0.25) is 6.41 Å². The van der Waals surface area contributed by atoms with Crippen molar-refractivity contribution in [3.63, 3.8) is 0 Å². The van der Waals surface area contributed by atoms with E-state index < -0.39 is 35.8 Å². The van der Waals surface area contributed by atoms with Gasteiger partial charge in [-0.3, -0.25) is 9.69 Å². The van der Waals surface area contributed by atoms with Crippen molar-refractivity contribution in [3.8, 4) is 0 Å². The zero-order valence-corrected chi connectivity index (χ0v) is 22.0. The second-order valence-electron chi connectivity index (χ2n) is 12.0. The molecule has 194 valence electrons. The number of imide groups is 2. The topological polar surface area (TPSA) is 130 Å². The van der Waals surface area contributed by atoms with Crippen LogP contribution < -0.4 is 5.32 Å². The first-order valence-corrected chi connectivity index (χ1v) is 11.7. The quantitative estimate of drug-likeness (QED) is 0.341. The van der Waals surface area contributed by atoms with Crippen LogP contribution in [0, 0.1) is 16.2 Å². The molecule has 3 unspecified atom stereocenters. The van der Waals surface area contributed by atoms with Gasteiger partial charge in [0.1, 0.15) is 0 Å². The van der Waals surface area contributed by atoms with Crippen LogP contribution in [0.2, 0.25) is 0 Å². The standard InChI is InChI=1S/C24H47N3O6/c1-10-24(8,9)12-17(29)13-25-20(32)27(15-19(31)23(5,6)7)21(33)26(16-28)14-18(30)11-22(2,3)4/h16-19,29-31H,10-15H2,1-9H3,(H,25,32). The molecule has 4 N–H and O–H groups in total. The summed E-state index contributed by atoms with van der Waals surface area (Å²) in [4.78, 5) is 39.1. The Morgan fingerprint density at radius 3 is 1.88 bits per heavy atom. The zero-order valence-electron chi connectivity index (χ0n) is 22.0. The molecule has 0 heterocycles. The van der Waals surface area contributed by atoms with Crippen molar-refractivity contribution in [2.45, 2.75) is 99.9 Å². The van der Waals surface area contributed by atoms with Gasteiger partial charge in [-0.1, -0.05) is 68.7 Å². The summed E-state index contributed by atoms with van der Waals surface area (Å²) < 4.78 is 0. The van der Waals surface area contributed by atoms with Gasteiger partial charge in [0, 0.05) is 6.54 Å². The van der Waals surface area contributed by atoms with Crippen LogP contribution in [-0.2, 0) is 4.79 Å². The molecule has 0 aliphatic carbocycles. The third-order valence-electron chi connectivity index (χ3n) is 5.69. The molecule has 0 bridgehead atoms. The lowest BCUT2D eigenvalue weighted by Crippen LogP contribution is -2.55. The number of carbonyl (C=O) groups is 3. The molecule has 0 aliphatic rings. The molecule has 0 radical (unpaired) electrons. The van der Waals surface area contributed by atoms with E-state index in [4.69, 9.17) is 0 Å². The molecule has 0 aromatic carbocycles. The van der Waals surface area contributed by atoms with Crippen LogP contribution in [0.15, 0.2) is 0 Å². The molecule has 3 atom stereocenters. The number of rotatable bonds is 11. The van der Waals surface area contributed by atoms with Crippen molar-refractivity contribution >= 4 is 18.5 Å². The fraction of sp³-hybridized carbons (Fsp3) is 0.875. The van der Waals surface area contributed by atoms with Crippen molar-refractivity contribution in [1.29, 1.82) is 0 Å². The molecule has 0 saturated heterocycles. The minimum Gasteiger partial charge on any atom is -0.391 e. The van der Waals surface area contributed by atoms with E-state index in [1.54, 1.807) is 20.8 Å². The average Bonchev–Trinajstić information content (AvgIpc) is 2.65. The second-order valence-corrected chi connectivity index (χ2v) is 12.0. The number of carbonyl (C=O) groups excluding carboxylic acids is 3. The Balaban J connectivity index is 5.51. The van der Waals surface area contributed by atoms with Gasteiger partial charge in [-0.25, -0.2) is 14.5 Å². The maximum absolute atomic E-state index is 13.1. The van der Waals surface area contributed by atoms with E-state index in [2.05, 4.69) is 5.32 Å². The Morgan fingerprint density at radius 2 is 1.45 bits per heavy atom. The summed E-state index contributed by atoms with van der Waals surface area (Å²) in [7, 11) is 0. The van der Waals surface area contributed by atoms with Crippen molar-refractivity contribution in [1.82, 2.24) is 15.1 Å². The Bertz CT molecular complexity index is 639. The van der Waals surface area contributed by atoms with E-state index in [1.807, 2.05) is 41.5 Å². The molecular weight excluding hydrogens is 426 g/mol. The molecule has 0 aromatic heterocycles. The van der Waals surface area contributed by atoms with E-state index in [-0.39, 0.29) is 36.9 Å². The minimum absolute atomic E-state index is 0.0780. The Kier molecular flexibility index (Phi) is 12.0. The maximum atomic E-state index is 13.1.